The Hall–Kier alpha value is -0.970. The zero-order valence-corrected chi connectivity index (χ0v) is 6.22. The SMILES string of the molecule is COCC(=O)CCC(=O)NF. The van der Waals surface area contributed by atoms with Crippen molar-refractivity contribution in [3.8, 4) is 0 Å². The molecule has 0 bridgehead atoms. The van der Waals surface area contributed by atoms with Crippen LogP contribution in [0.3, 0.4) is 0 Å². The van der Waals surface area contributed by atoms with Crippen LogP contribution in [0.25, 0.3) is 0 Å². The number of amides is 1. The topological polar surface area (TPSA) is 55.4 Å². The normalized spacial score (nSPS) is 9.27. The smallest absolute Gasteiger partial charge is 0.248 e. The van der Waals surface area contributed by atoms with Crippen LogP contribution in [-0.2, 0) is 14.3 Å². The standard InChI is InChI=1S/C6H10FNO3/c1-11-4-5(9)2-3-6(10)8-7/h2-4H2,1H3,(H,8,10). The Morgan fingerprint density at radius 3 is 2.55 bits per heavy atom. The molecule has 0 saturated carbocycles. The first-order valence-corrected chi connectivity index (χ1v) is 3.10. The minimum Gasteiger partial charge on any atom is -0.377 e. The number of ketones is 1. The lowest BCUT2D eigenvalue weighted by Gasteiger charge is -1.96. The Morgan fingerprint density at radius 1 is 1.45 bits per heavy atom. The average Bonchev–Trinajstić information content (AvgIpc) is 2.01. The second kappa shape index (κ2) is 5.79. The van der Waals surface area contributed by atoms with E-state index in [1.165, 1.54) is 7.11 Å². The van der Waals surface area contributed by atoms with Gasteiger partial charge in [0.05, 0.1) is 0 Å². The summed E-state index contributed by atoms with van der Waals surface area (Å²) in [6, 6.07) is 0. The van der Waals surface area contributed by atoms with Crippen LogP contribution in [0.15, 0.2) is 0 Å². The summed E-state index contributed by atoms with van der Waals surface area (Å²) in [6.07, 6.45) is -0.109. The molecule has 0 aliphatic carbocycles. The van der Waals surface area contributed by atoms with Crippen molar-refractivity contribution >= 4 is 11.7 Å². The number of halogens is 1. The van der Waals surface area contributed by atoms with E-state index in [0.29, 0.717) is 0 Å². The first-order chi connectivity index (χ1) is 5.20. The van der Waals surface area contributed by atoms with Gasteiger partial charge in [-0.3, -0.25) is 9.59 Å². The molecule has 11 heavy (non-hydrogen) atoms. The monoisotopic (exact) mass is 163 g/mol. The van der Waals surface area contributed by atoms with E-state index in [0.717, 1.165) is 5.54 Å². The summed E-state index contributed by atoms with van der Waals surface area (Å²) >= 11 is 0. The number of hydrogen-bond acceptors (Lipinski definition) is 3. The third-order valence-electron chi connectivity index (χ3n) is 1.04. The van der Waals surface area contributed by atoms with Crippen molar-refractivity contribution in [2.45, 2.75) is 12.8 Å². The average molecular weight is 163 g/mol. The first-order valence-electron chi connectivity index (χ1n) is 3.10. The Kier molecular flexibility index (Phi) is 5.28. The molecule has 0 heterocycles. The van der Waals surface area contributed by atoms with Crippen LogP contribution in [0.4, 0.5) is 4.48 Å². The van der Waals surface area contributed by atoms with E-state index in [1.807, 2.05) is 0 Å². The molecule has 0 rings (SSSR count). The van der Waals surface area contributed by atoms with Gasteiger partial charge in [0.2, 0.25) is 5.91 Å². The van der Waals surface area contributed by atoms with Gasteiger partial charge in [0.25, 0.3) is 0 Å². The van der Waals surface area contributed by atoms with Crippen LogP contribution < -0.4 is 5.54 Å². The van der Waals surface area contributed by atoms with E-state index in [1.54, 1.807) is 0 Å². The summed E-state index contributed by atoms with van der Waals surface area (Å²) in [5, 5.41) is 0. The fourth-order valence-electron chi connectivity index (χ4n) is 0.533. The molecule has 1 amide bonds. The maximum atomic E-state index is 11.3. The summed E-state index contributed by atoms with van der Waals surface area (Å²) in [4.78, 5) is 20.9. The molecule has 0 unspecified atom stereocenters. The number of methoxy groups -OCH3 is 1. The van der Waals surface area contributed by atoms with Crippen LogP contribution in [0.5, 0.6) is 0 Å². The summed E-state index contributed by atoms with van der Waals surface area (Å²) in [7, 11) is 1.38. The summed E-state index contributed by atoms with van der Waals surface area (Å²) in [5.41, 5.74) is 0.930. The maximum absolute atomic E-state index is 11.3. The van der Waals surface area contributed by atoms with Gasteiger partial charge in [0.1, 0.15) is 6.61 Å². The Morgan fingerprint density at radius 2 is 2.09 bits per heavy atom. The number of nitrogens with one attached hydrogen (secondary N) is 1. The number of ether oxygens (including phenoxy) is 1. The molecule has 0 saturated heterocycles. The Bertz CT molecular complexity index is 149. The maximum Gasteiger partial charge on any atom is 0.248 e. The zero-order valence-electron chi connectivity index (χ0n) is 6.22. The van der Waals surface area contributed by atoms with Crippen molar-refractivity contribution in [2.24, 2.45) is 0 Å². The van der Waals surface area contributed by atoms with E-state index >= 15 is 0 Å². The molecular weight excluding hydrogens is 153 g/mol. The fraction of sp³-hybridized carbons (Fsp3) is 0.667. The predicted octanol–water partition coefficient (Wildman–Crippen LogP) is -0.0172. The molecule has 0 aromatic rings. The molecule has 0 aromatic carbocycles. The summed E-state index contributed by atoms with van der Waals surface area (Å²) in [5.74, 6) is -0.995. The highest BCUT2D eigenvalue weighted by atomic mass is 19.2. The molecule has 0 radical (unpaired) electrons. The Labute approximate surface area is 63.7 Å². The summed E-state index contributed by atoms with van der Waals surface area (Å²) < 4.78 is 15.8. The molecule has 4 nitrogen and oxygen atoms in total. The van der Waals surface area contributed by atoms with Gasteiger partial charge < -0.3 is 4.74 Å². The number of Topliss-reactive ketones (excluding diaryl/α,β-unsaturated/α-hetero) is 1. The Balaban J connectivity index is 3.38. The highest BCUT2D eigenvalue weighted by Gasteiger charge is 2.05. The molecule has 0 aliphatic rings. The lowest BCUT2D eigenvalue weighted by atomic mass is 10.2. The molecule has 0 spiro atoms. The molecule has 0 aromatic heterocycles. The van der Waals surface area contributed by atoms with Crippen LogP contribution in [0, 0.1) is 0 Å². The van der Waals surface area contributed by atoms with E-state index in [9.17, 15) is 14.1 Å². The van der Waals surface area contributed by atoms with Crippen molar-refractivity contribution in [1.82, 2.24) is 5.54 Å². The first kappa shape index (κ1) is 10.0. The zero-order chi connectivity index (χ0) is 8.69. The highest BCUT2D eigenvalue weighted by Crippen LogP contribution is 1.91. The lowest BCUT2D eigenvalue weighted by Crippen LogP contribution is -2.16. The predicted molar refractivity (Wildman–Crippen MR) is 35.4 cm³/mol. The van der Waals surface area contributed by atoms with E-state index in [2.05, 4.69) is 4.74 Å². The van der Waals surface area contributed by atoms with Crippen molar-refractivity contribution in [1.29, 1.82) is 0 Å². The van der Waals surface area contributed by atoms with Gasteiger partial charge >= 0.3 is 0 Å². The number of rotatable bonds is 5. The van der Waals surface area contributed by atoms with Gasteiger partial charge in [-0.15, -0.1) is 4.48 Å². The minimum absolute atomic E-state index is 0.0175. The third kappa shape index (κ3) is 5.47. The van der Waals surface area contributed by atoms with Crippen molar-refractivity contribution < 1.29 is 18.8 Å². The molecule has 0 aliphatic heterocycles. The van der Waals surface area contributed by atoms with Crippen LogP contribution in [0.1, 0.15) is 12.8 Å². The minimum atomic E-state index is -0.783. The van der Waals surface area contributed by atoms with E-state index in [4.69, 9.17) is 0 Å². The highest BCUT2D eigenvalue weighted by molar-refractivity contribution is 5.85. The van der Waals surface area contributed by atoms with E-state index < -0.39 is 5.91 Å². The molecule has 5 heteroatoms. The quantitative estimate of drug-likeness (QED) is 0.579. The molecule has 1 N–H and O–H groups in total. The van der Waals surface area contributed by atoms with Crippen LogP contribution >= 0.6 is 0 Å². The van der Waals surface area contributed by atoms with Crippen LogP contribution in [0.2, 0.25) is 0 Å². The third-order valence-corrected chi connectivity index (χ3v) is 1.04. The number of hydrogen-bond donors (Lipinski definition) is 1. The molecule has 64 valence electrons. The van der Waals surface area contributed by atoms with Crippen molar-refractivity contribution in [3.05, 3.63) is 0 Å². The lowest BCUT2D eigenvalue weighted by molar-refractivity contribution is -0.129. The largest absolute Gasteiger partial charge is 0.377 e. The number of carbonyl (C=O) groups is 2. The van der Waals surface area contributed by atoms with Gasteiger partial charge in [-0.2, -0.15) is 5.54 Å². The molecule has 0 atom stereocenters. The van der Waals surface area contributed by atoms with Gasteiger partial charge in [-0.1, -0.05) is 0 Å². The second-order valence-corrected chi connectivity index (χ2v) is 1.99. The van der Waals surface area contributed by atoms with Crippen molar-refractivity contribution in [3.63, 3.8) is 0 Å². The fourth-order valence-corrected chi connectivity index (χ4v) is 0.533. The van der Waals surface area contributed by atoms with Gasteiger partial charge in [-0.05, 0) is 0 Å². The van der Waals surface area contributed by atoms with Gasteiger partial charge in [-0.25, -0.2) is 0 Å². The molecule has 0 fully saturated rings. The molecular formula is C6H10FNO3. The van der Waals surface area contributed by atoms with Crippen molar-refractivity contribution in [2.75, 3.05) is 13.7 Å². The van der Waals surface area contributed by atoms with Gasteiger partial charge in [0.15, 0.2) is 5.78 Å². The summed E-state index contributed by atoms with van der Waals surface area (Å²) in [6.45, 7) is -0.0282. The van der Waals surface area contributed by atoms with Gasteiger partial charge in [0, 0.05) is 20.0 Å². The number of carbonyl (C=O) groups excluding carboxylic acids is 2. The van der Waals surface area contributed by atoms with E-state index in [-0.39, 0.29) is 25.2 Å². The van der Waals surface area contributed by atoms with Crippen LogP contribution in [-0.4, -0.2) is 25.4 Å². The second-order valence-electron chi connectivity index (χ2n) is 1.99.